The molecule has 4 nitrogen and oxygen atoms in total. The van der Waals surface area contributed by atoms with Gasteiger partial charge < -0.3 is 10.6 Å². The Hall–Kier alpha value is -1.26. The molecule has 0 atom stereocenters. The van der Waals surface area contributed by atoms with Gasteiger partial charge >= 0.3 is 0 Å². The van der Waals surface area contributed by atoms with Crippen molar-refractivity contribution in [2.24, 2.45) is 5.41 Å². The van der Waals surface area contributed by atoms with Gasteiger partial charge in [0.05, 0.1) is 10.7 Å². The van der Waals surface area contributed by atoms with Gasteiger partial charge in [-0.3, -0.25) is 9.59 Å². The highest BCUT2D eigenvalue weighted by molar-refractivity contribution is 6.36. The lowest BCUT2D eigenvalue weighted by molar-refractivity contribution is -0.139. The second-order valence-corrected chi connectivity index (χ2v) is 7.36. The van der Waals surface area contributed by atoms with E-state index in [4.69, 9.17) is 23.2 Å². The van der Waals surface area contributed by atoms with E-state index in [2.05, 4.69) is 10.6 Å². The Bertz CT molecular complexity index is 596. The molecule has 1 saturated carbocycles. The smallest absolute Gasteiger partial charge is 0.239 e. The molecular formula is C17H22Cl2N2O2. The van der Waals surface area contributed by atoms with Crippen LogP contribution < -0.4 is 10.6 Å². The van der Waals surface area contributed by atoms with Gasteiger partial charge in [-0.05, 0) is 44.9 Å². The van der Waals surface area contributed by atoms with E-state index in [1.807, 2.05) is 0 Å². The van der Waals surface area contributed by atoms with Crippen LogP contribution in [0.4, 0.5) is 5.69 Å². The molecule has 0 spiro atoms. The first kappa shape index (κ1) is 18.1. The molecule has 1 aliphatic rings. The van der Waals surface area contributed by atoms with Crippen LogP contribution in [0, 0.1) is 5.41 Å². The first-order valence-electron chi connectivity index (χ1n) is 7.88. The van der Waals surface area contributed by atoms with E-state index in [0.717, 1.165) is 25.7 Å². The number of hydrogen-bond donors (Lipinski definition) is 2. The molecule has 0 unspecified atom stereocenters. The monoisotopic (exact) mass is 356 g/mol. The van der Waals surface area contributed by atoms with Crippen molar-refractivity contribution in [2.75, 3.05) is 5.32 Å². The Morgan fingerprint density at radius 3 is 2.35 bits per heavy atom. The first-order chi connectivity index (χ1) is 10.8. The van der Waals surface area contributed by atoms with Gasteiger partial charge in [-0.15, -0.1) is 0 Å². The van der Waals surface area contributed by atoms with Crippen LogP contribution in [0.25, 0.3) is 0 Å². The minimum atomic E-state index is -1.18. The number of halogens is 2. The highest BCUT2D eigenvalue weighted by atomic mass is 35.5. The third-order valence-electron chi connectivity index (χ3n) is 4.26. The van der Waals surface area contributed by atoms with Gasteiger partial charge in [0.2, 0.25) is 11.8 Å². The van der Waals surface area contributed by atoms with E-state index in [1.54, 1.807) is 32.0 Å². The predicted molar refractivity (Wildman–Crippen MR) is 93.9 cm³/mol. The van der Waals surface area contributed by atoms with Crippen LogP contribution in [0.5, 0.6) is 0 Å². The van der Waals surface area contributed by atoms with Gasteiger partial charge in [0.15, 0.2) is 0 Å². The lowest BCUT2D eigenvalue weighted by Crippen LogP contribution is -2.49. The molecule has 0 aromatic heterocycles. The van der Waals surface area contributed by atoms with Crippen LogP contribution in [0.15, 0.2) is 18.2 Å². The van der Waals surface area contributed by atoms with E-state index >= 15 is 0 Å². The van der Waals surface area contributed by atoms with Crippen molar-refractivity contribution in [3.05, 3.63) is 28.2 Å². The van der Waals surface area contributed by atoms with E-state index < -0.39 is 11.3 Å². The van der Waals surface area contributed by atoms with E-state index in [9.17, 15) is 9.59 Å². The van der Waals surface area contributed by atoms with Crippen LogP contribution in [0.2, 0.25) is 10.0 Å². The quantitative estimate of drug-likeness (QED) is 0.785. The van der Waals surface area contributed by atoms with Crippen LogP contribution in [-0.2, 0) is 9.59 Å². The van der Waals surface area contributed by atoms with Gasteiger partial charge in [-0.2, -0.15) is 0 Å². The molecule has 6 heteroatoms. The standard InChI is InChI=1S/C17H22Cl2N2O2/c1-17(2,15(22)20-12-6-4-3-5-7-12)16(23)21-14-9-8-11(18)10-13(14)19/h8-10,12H,3-7H2,1-2H3,(H,20,22)(H,21,23). The summed E-state index contributed by atoms with van der Waals surface area (Å²) in [4.78, 5) is 25.0. The van der Waals surface area contributed by atoms with Crippen LogP contribution in [0.1, 0.15) is 46.0 Å². The molecule has 0 radical (unpaired) electrons. The fourth-order valence-electron chi connectivity index (χ4n) is 2.59. The molecule has 126 valence electrons. The Balaban J connectivity index is 2.02. The third kappa shape index (κ3) is 4.61. The van der Waals surface area contributed by atoms with Crippen molar-refractivity contribution in [1.82, 2.24) is 5.32 Å². The van der Waals surface area contributed by atoms with Gasteiger partial charge in [-0.1, -0.05) is 42.5 Å². The Kier molecular flexibility index (Phi) is 5.93. The van der Waals surface area contributed by atoms with Crippen LogP contribution >= 0.6 is 23.2 Å². The molecule has 23 heavy (non-hydrogen) atoms. The first-order valence-corrected chi connectivity index (χ1v) is 8.64. The maximum absolute atomic E-state index is 12.5. The summed E-state index contributed by atoms with van der Waals surface area (Å²) in [5, 5.41) is 6.53. The SMILES string of the molecule is CC(C)(C(=O)Nc1ccc(Cl)cc1Cl)C(=O)NC1CCCCC1. The second-order valence-electron chi connectivity index (χ2n) is 6.51. The van der Waals surface area contributed by atoms with Crippen molar-refractivity contribution < 1.29 is 9.59 Å². The summed E-state index contributed by atoms with van der Waals surface area (Å²) in [6, 6.07) is 4.98. The van der Waals surface area contributed by atoms with E-state index in [1.165, 1.54) is 6.42 Å². The van der Waals surface area contributed by atoms with E-state index in [0.29, 0.717) is 15.7 Å². The molecule has 0 heterocycles. The topological polar surface area (TPSA) is 58.2 Å². The number of benzene rings is 1. The number of anilines is 1. The normalized spacial score (nSPS) is 16.0. The average molecular weight is 357 g/mol. The van der Waals surface area contributed by atoms with Gasteiger partial charge in [-0.25, -0.2) is 0 Å². The Morgan fingerprint density at radius 2 is 1.74 bits per heavy atom. The molecule has 1 aromatic rings. The highest BCUT2D eigenvalue weighted by Crippen LogP contribution is 2.28. The van der Waals surface area contributed by atoms with Crippen LogP contribution in [-0.4, -0.2) is 17.9 Å². The fraction of sp³-hybridized carbons (Fsp3) is 0.529. The maximum Gasteiger partial charge on any atom is 0.239 e. The fourth-order valence-corrected chi connectivity index (χ4v) is 3.04. The molecule has 2 rings (SSSR count). The second kappa shape index (κ2) is 7.54. The number of carbonyl (C=O) groups is 2. The molecule has 1 aliphatic carbocycles. The molecule has 1 aromatic carbocycles. The maximum atomic E-state index is 12.5. The largest absolute Gasteiger partial charge is 0.352 e. The number of nitrogens with one attached hydrogen (secondary N) is 2. The number of carbonyl (C=O) groups excluding carboxylic acids is 2. The Labute approximate surface area is 146 Å². The summed E-state index contributed by atoms with van der Waals surface area (Å²) >= 11 is 11.9. The van der Waals surface area contributed by atoms with Gasteiger partial charge in [0.1, 0.15) is 5.41 Å². The van der Waals surface area contributed by atoms with Crippen molar-refractivity contribution in [3.63, 3.8) is 0 Å². The van der Waals surface area contributed by atoms with E-state index in [-0.39, 0.29) is 11.9 Å². The molecule has 0 aliphatic heterocycles. The minimum Gasteiger partial charge on any atom is -0.352 e. The molecule has 1 fully saturated rings. The average Bonchev–Trinajstić information content (AvgIpc) is 2.50. The lowest BCUT2D eigenvalue weighted by Gasteiger charge is -2.28. The minimum absolute atomic E-state index is 0.169. The molecular weight excluding hydrogens is 335 g/mol. The van der Waals surface area contributed by atoms with Crippen molar-refractivity contribution in [3.8, 4) is 0 Å². The number of hydrogen-bond acceptors (Lipinski definition) is 2. The zero-order valence-corrected chi connectivity index (χ0v) is 14.9. The summed E-state index contributed by atoms with van der Waals surface area (Å²) in [7, 11) is 0. The van der Waals surface area contributed by atoms with Gasteiger partial charge in [0.25, 0.3) is 0 Å². The molecule has 2 N–H and O–H groups in total. The molecule has 0 bridgehead atoms. The zero-order chi connectivity index (χ0) is 17.0. The predicted octanol–water partition coefficient (Wildman–Crippen LogP) is 4.41. The third-order valence-corrected chi connectivity index (χ3v) is 4.80. The number of amides is 2. The summed E-state index contributed by atoms with van der Waals surface area (Å²) < 4.78 is 0. The van der Waals surface area contributed by atoms with Crippen molar-refractivity contribution in [2.45, 2.75) is 52.0 Å². The van der Waals surface area contributed by atoms with Crippen LogP contribution in [0.3, 0.4) is 0 Å². The summed E-state index contributed by atoms with van der Waals surface area (Å²) in [5.74, 6) is -0.651. The van der Waals surface area contributed by atoms with Crippen molar-refractivity contribution in [1.29, 1.82) is 0 Å². The zero-order valence-electron chi connectivity index (χ0n) is 13.4. The lowest BCUT2D eigenvalue weighted by atomic mass is 9.88. The highest BCUT2D eigenvalue weighted by Gasteiger charge is 2.37. The number of rotatable bonds is 4. The van der Waals surface area contributed by atoms with Crippen molar-refractivity contribution >= 4 is 40.7 Å². The molecule has 2 amide bonds. The summed E-state index contributed by atoms with van der Waals surface area (Å²) in [6.45, 7) is 3.23. The summed E-state index contributed by atoms with van der Waals surface area (Å²) in [5.41, 5.74) is -0.736. The Morgan fingerprint density at radius 1 is 1.09 bits per heavy atom. The molecule has 0 saturated heterocycles. The van der Waals surface area contributed by atoms with Gasteiger partial charge in [0, 0.05) is 11.1 Å². The summed E-state index contributed by atoms with van der Waals surface area (Å²) in [6.07, 6.45) is 5.42.